The first-order valence-corrected chi connectivity index (χ1v) is 7.98. The zero-order chi connectivity index (χ0) is 14.1. The lowest BCUT2D eigenvalue weighted by atomic mass is 9.70. The van der Waals surface area contributed by atoms with Gasteiger partial charge in [-0.15, -0.1) is 0 Å². The molecule has 1 atom stereocenters. The van der Waals surface area contributed by atoms with E-state index in [0.29, 0.717) is 11.3 Å². The summed E-state index contributed by atoms with van der Waals surface area (Å²) in [6.45, 7) is 8.77. The molecule has 1 unspecified atom stereocenters. The van der Waals surface area contributed by atoms with Crippen molar-refractivity contribution in [1.82, 2.24) is 4.90 Å². The summed E-state index contributed by atoms with van der Waals surface area (Å²) in [5.41, 5.74) is 0.556. The number of nitrogens with zero attached hydrogens (tertiary/aromatic N) is 2. The Hall–Kier alpha value is -0.570. The Morgan fingerprint density at radius 1 is 1.16 bits per heavy atom. The van der Waals surface area contributed by atoms with Crippen LogP contribution in [0.2, 0.25) is 0 Å². The van der Waals surface area contributed by atoms with E-state index in [9.17, 15) is 4.79 Å². The summed E-state index contributed by atoms with van der Waals surface area (Å²) in [6, 6.07) is 0. The van der Waals surface area contributed by atoms with Crippen LogP contribution in [0.4, 0.5) is 0 Å². The SMILES string of the molecule is CCC(C)C(=O)N1CCC2(CC1)CC[N+](C)(C)CC2. The normalized spacial score (nSPS) is 27.3. The average Bonchev–Trinajstić information content (AvgIpc) is 2.42. The molecule has 0 aromatic heterocycles. The van der Waals surface area contributed by atoms with Gasteiger partial charge in [-0.25, -0.2) is 0 Å². The largest absolute Gasteiger partial charge is 0.342 e. The highest BCUT2D eigenvalue weighted by Crippen LogP contribution is 2.42. The van der Waals surface area contributed by atoms with Crippen LogP contribution in [0.5, 0.6) is 0 Å². The molecule has 19 heavy (non-hydrogen) atoms. The van der Waals surface area contributed by atoms with Crippen LogP contribution in [-0.2, 0) is 4.79 Å². The quantitative estimate of drug-likeness (QED) is 0.704. The minimum Gasteiger partial charge on any atom is -0.342 e. The van der Waals surface area contributed by atoms with Gasteiger partial charge in [0.15, 0.2) is 0 Å². The lowest BCUT2D eigenvalue weighted by Gasteiger charge is -2.48. The monoisotopic (exact) mass is 267 g/mol. The maximum absolute atomic E-state index is 12.2. The molecule has 0 bridgehead atoms. The molecule has 2 aliphatic rings. The maximum atomic E-state index is 12.2. The molecule has 0 N–H and O–H groups in total. The van der Waals surface area contributed by atoms with E-state index in [1.165, 1.54) is 43.3 Å². The van der Waals surface area contributed by atoms with Crippen molar-refractivity contribution in [3.05, 3.63) is 0 Å². The summed E-state index contributed by atoms with van der Waals surface area (Å²) >= 11 is 0. The fourth-order valence-corrected chi connectivity index (χ4v) is 3.50. The smallest absolute Gasteiger partial charge is 0.225 e. The minimum atomic E-state index is 0.205. The summed E-state index contributed by atoms with van der Waals surface area (Å²) < 4.78 is 1.18. The lowest BCUT2D eigenvalue weighted by Crippen LogP contribution is -2.53. The Balaban J connectivity index is 1.87. The maximum Gasteiger partial charge on any atom is 0.225 e. The number of carbonyl (C=O) groups is 1. The van der Waals surface area contributed by atoms with Crippen LogP contribution in [0, 0.1) is 11.3 Å². The first-order chi connectivity index (χ1) is 8.87. The van der Waals surface area contributed by atoms with E-state index in [2.05, 4.69) is 32.8 Å². The number of likely N-dealkylation sites (tertiary alicyclic amines) is 2. The van der Waals surface area contributed by atoms with Crippen molar-refractivity contribution in [2.45, 2.75) is 46.0 Å². The molecule has 2 aliphatic heterocycles. The summed E-state index contributed by atoms with van der Waals surface area (Å²) in [6.07, 6.45) is 6.13. The van der Waals surface area contributed by atoms with E-state index >= 15 is 0 Å². The molecule has 0 saturated carbocycles. The Kier molecular flexibility index (Phi) is 4.24. The van der Waals surface area contributed by atoms with Crippen molar-refractivity contribution in [2.24, 2.45) is 11.3 Å². The second-order valence-electron chi connectivity index (χ2n) is 7.52. The van der Waals surface area contributed by atoms with Gasteiger partial charge in [-0.2, -0.15) is 0 Å². The standard InChI is InChI=1S/C16H31N2O/c1-5-14(2)15(19)17-10-6-16(7-11-17)8-12-18(3,4)13-9-16/h14H,5-13H2,1-4H3/q+1. The van der Waals surface area contributed by atoms with Gasteiger partial charge in [-0.05, 0) is 24.7 Å². The summed E-state index contributed by atoms with van der Waals surface area (Å²) in [4.78, 5) is 14.3. The first-order valence-electron chi connectivity index (χ1n) is 7.98. The molecule has 2 fully saturated rings. The lowest BCUT2D eigenvalue weighted by molar-refractivity contribution is -0.897. The van der Waals surface area contributed by atoms with Gasteiger partial charge in [0, 0.05) is 31.8 Å². The average molecular weight is 267 g/mol. The van der Waals surface area contributed by atoms with Crippen LogP contribution in [0.3, 0.4) is 0 Å². The third-order valence-corrected chi connectivity index (χ3v) is 5.66. The molecule has 3 heteroatoms. The summed E-state index contributed by atoms with van der Waals surface area (Å²) in [5.74, 6) is 0.584. The van der Waals surface area contributed by atoms with Gasteiger partial charge in [0.25, 0.3) is 0 Å². The number of piperidine rings is 2. The molecule has 3 nitrogen and oxygen atoms in total. The van der Waals surface area contributed by atoms with Crippen molar-refractivity contribution in [2.75, 3.05) is 40.3 Å². The molecule has 2 heterocycles. The fourth-order valence-electron chi connectivity index (χ4n) is 3.50. The predicted octanol–water partition coefficient (Wildman–Crippen LogP) is 2.51. The van der Waals surface area contributed by atoms with Crippen molar-refractivity contribution < 1.29 is 9.28 Å². The van der Waals surface area contributed by atoms with E-state index in [-0.39, 0.29) is 5.92 Å². The minimum absolute atomic E-state index is 0.205. The van der Waals surface area contributed by atoms with Gasteiger partial charge in [-0.1, -0.05) is 13.8 Å². The van der Waals surface area contributed by atoms with E-state index < -0.39 is 0 Å². The van der Waals surface area contributed by atoms with Crippen LogP contribution in [0.1, 0.15) is 46.0 Å². The van der Waals surface area contributed by atoms with Gasteiger partial charge >= 0.3 is 0 Å². The van der Waals surface area contributed by atoms with Crippen molar-refractivity contribution in [1.29, 1.82) is 0 Å². The van der Waals surface area contributed by atoms with Gasteiger partial charge < -0.3 is 9.38 Å². The third-order valence-electron chi connectivity index (χ3n) is 5.66. The predicted molar refractivity (Wildman–Crippen MR) is 78.8 cm³/mol. The molecular formula is C16H31N2O+. The number of amides is 1. The van der Waals surface area contributed by atoms with Gasteiger partial charge in [-0.3, -0.25) is 4.79 Å². The molecule has 0 aromatic carbocycles. The van der Waals surface area contributed by atoms with Gasteiger partial charge in [0.1, 0.15) is 0 Å². The molecule has 0 radical (unpaired) electrons. The molecule has 110 valence electrons. The third kappa shape index (κ3) is 3.31. The van der Waals surface area contributed by atoms with E-state index in [4.69, 9.17) is 0 Å². The Morgan fingerprint density at radius 2 is 1.68 bits per heavy atom. The number of rotatable bonds is 2. The Labute approximate surface area is 118 Å². The highest BCUT2D eigenvalue weighted by atomic mass is 16.2. The van der Waals surface area contributed by atoms with Crippen LogP contribution >= 0.6 is 0 Å². The topological polar surface area (TPSA) is 20.3 Å². The van der Waals surface area contributed by atoms with Gasteiger partial charge in [0.2, 0.25) is 5.91 Å². The zero-order valence-electron chi connectivity index (χ0n) is 13.2. The molecule has 0 aromatic rings. The van der Waals surface area contributed by atoms with E-state index in [1.807, 2.05) is 0 Å². The summed E-state index contributed by atoms with van der Waals surface area (Å²) in [7, 11) is 4.68. The molecule has 2 rings (SSSR count). The Bertz CT molecular complexity index is 318. The van der Waals surface area contributed by atoms with E-state index in [1.54, 1.807) is 0 Å². The number of carbonyl (C=O) groups excluding carboxylic acids is 1. The molecule has 1 spiro atoms. The fraction of sp³-hybridized carbons (Fsp3) is 0.938. The van der Waals surface area contributed by atoms with Crippen molar-refractivity contribution in [3.63, 3.8) is 0 Å². The second kappa shape index (κ2) is 5.43. The molecule has 0 aliphatic carbocycles. The highest BCUT2D eigenvalue weighted by molar-refractivity contribution is 5.78. The molecular weight excluding hydrogens is 236 g/mol. The molecule has 1 amide bonds. The van der Waals surface area contributed by atoms with Crippen LogP contribution in [-0.4, -0.2) is 55.6 Å². The first kappa shape index (κ1) is 14.8. The highest BCUT2D eigenvalue weighted by Gasteiger charge is 2.41. The van der Waals surface area contributed by atoms with Gasteiger partial charge in [0.05, 0.1) is 27.2 Å². The van der Waals surface area contributed by atoms with Crippen LogP contribution < -0.4 is 0 Å². The second-order valence-corrected chi connectivity index (χ2v) is 7.52. The van der Waals surface area contributed by atoms with Crippen molar-refractivity contribution in [3.8, 4) is 0 Å². The van der Waals surface area contributed by atoms with Crippen LogP contribution in [0.15, 0.2) is 0 Å². The zero-order valence-corrected chi connectivity index (χ0v) is 13.2. The summed E-state index contributed by atoms with van der Waals surface area (Å²) in [5, 5.41) is 0. The number of hydrogen-bond acceptors (Lipinski definition) is 1. The number of hydrogen-bond donors (Lipinski definition) is 0. The Morgan fingerprint density at radius 3 is 2.16 bits per heavy atom. The molecule has 2 saturated heterocycles. The van der Waals surface area contributed by atoms with Crippen molar-refractivity contribution >= 4 is 5.91 Å². The van der Waals surface area contributed by atoms with Crippen LogP contribution in [0.25, 0.3) is 0 Å². The van der Waals surface area contributed by atoms with E-state index in [0.717, 1.165) is 19.5 Å². The number of quaternary nitrogens is 1.